The highest BCUT2D eigenvalue weighted by Gasteiger charge is 2.32. The molecule has 4 heterocycles. The van der Waals surface area contributed by atoms with Gasteiger partial charge in [-0.05, 0) is 74.9 Å². The lowest BCUT2D eigenvalue weighted by Crippen LogP contribution is -2.52. The van der Waals surface area contributed by atoms with E-state index in [-0.39, 0.29) is 0 Å². The van der Waals surface area contributed by atoms with E-state index in [9.17, 15) is 0 Å². The van der Waals surface area contributed by atoms with Crippen LogP contribution in [0.4, 0.5) is 34.5 Å². The molecule has 258 valence electrons. The van der Waals surface area contributed by atoms with Crippen LogP contribution in [-0.4, -0.2) is 103 Å². The van der Waals surface area contributed by atoms with Gasteiger partial charge in [-0.1, -0.05) is 18.5 Å². The molecule has 2 saturated heterocycles. The summed E-state index contributed by atoms with van der Waals surface area (Å²) >= 11 is 1.61. The Morgan fingerprint density at radius 1 is 0.959 bits per heavy atom. The minimum Gasteiger partial charge on any atom is -0.494 e. The zero-order valence-corrected chi connectivity index (χ0v) is 30.2. The lowest BCUT2D eigenvalue weighted by atomic mass is 9.99. The molecule has 4 aromatic rings. The smallest absolute Gasteiger partial charge is 0.229 e. The predicted molar refractivity (Wildman–Crippen MR) is 204 cm³/mol. The molecule has 0 atom stereocenters. The number of nitrogens with one attached hydrogen (secondary N) is 2. The predicted octanol–water partition coefficient (Wildman–Crippen LogP) is 6.76. The van der Waals surface area contributed by atoms with E-state index in [2.05, 4.69) is 65.4 Å². The van der Waals surface area contributed by atoms with E-state index in [0.717, 1.165) is 58.1 Å². The molecule has 3 aliphatic rings. The monoisotopic (exact) mass is 680 g/mol. The molecule has 11 nitrogen and oxygen atoms in total. The highest BCUT2D eigenvalue weighted by molar-refractivity contribution is 7.99. The molecular weight excluding hydrogens is 633 g/mol. The highest BCUT2D eigenvalue weighted by Crippen LogP contribution is 2.48. The van der Waals surface area contributed by atoms with Gasteiger partial charge in [-0.25, -0.2) is 4.98 Å². The van der Waals surface area contributed by atoms with Crippen LogP contribution in [0.5, 0.6) is 5.75 Å². The van der Waals surface area contributed by atoms with Gasteiger partial charge in [-0.15, -0.1) is 0 Å². The first kappa shape index (κ1) is 33.4. The van der Waals surface area contributed by atoms with E-state index in [4.69, 9.17) is 14.7 Å². The minimum absolute atomic E-state index is 0.480. The standard InChI is InChI=1S/C37H48N10OS/c1-24(2)28-23-40-37(43-36(28)41-30-10-9-29-34(39-14-13-38-29)35(30)45(4)49-6)42-31-21-27(25-7-8-25)32(22-33(31)48-5)47-15-11-26(12-16-47)46-19-17-44(3)18-20-46/h9-10,13-14,21-23,25-26H,1,7-8,11-12,15-20H2,2-6H3,(H2,40,41,42,43). The van der Waals surface area contributed by atoms with E-state index in [1.807, 2.05) is 38.6 Å². The van der Waals surface area contributed by atoms with Crippen molar-refractivity contribution in [3.8, 4) is 5.75 Å². The molecule has 3 fully saturated rings. The van der Waals surface area contributed by atoms with Gasteiger partial charge in [0.25, 0.3) is 0 Å². The number of allylic oxidation sites excluding steroid dienone is 1. The summed E-state index contributed by atoms with van der Waals surface area (Å²) in [5, 5.41) is 7.11. The molecule has 0 spiro atoms. The van der Waals surface area contributed by atoms with E-state index in [0.29, 0.717) is 23.7 Å². The van der Waals surface area contributed by atoms with Crippen LogP contribution in [0.1, 0.15) is 49.7 Å². The van der Waals surface area contributed by atoms with Gasteiger partial charge in [-0.3, -0.25) is 14.9 Å². The Kier molecular flexibility index (Phi) is 9.80. The van der Waals surface area contributed by atoms with Gasteiger partial charge in [0.1, 0.15) is 17.1 Å². The van der Waals surface area contributed by atoms with Crippen molar-refractivity contribution in [2.24, 2.45) is 0 Å². The van der Waals surface area contributed by atoms with Crippen LogP contribution in [0.25, 0.3) is 16.6 Å². The zero-order valence-electron chi connectivity index (χ0n) is 29.4. The third kappa shape index (κ3) is 7.13. The molecule has 49 heavy (non-hydrogen) atoms. The maximum atomic E-state index is 6.01. The Labute approximate surface area is 294 Å². The van der Waals surface area contributed by atoms with Crippen LogP contribution in [0, 0.1) is 0 Å². The fraction of sp³-hybridized carbons (Fsp3) is 0.459. The van der Waals surface area contributed by atoms with Gasteiger partial charge in [-0.2, -0.15) is 4.98 Å². The summed E-state index contributed by atoms with van der Waals surface area (Å²) in [6, 6.07) is 9.18. The number of methoxy groups -OCH3 is 1. The molecule has 12 heteroatoms. The van der Waals surface area contributed by atoms with E-state index in [1.54, 1.807) is 31.5 Å². The molecule has 1 aliphatic carbocycles. The second-order valence-electron chi connectivity index (χ2n) is 13.5. The van der Waals surface area contributed by atoms with Crippen molar-refractivity contribution >= 4 is 63.1 Å². The lowest BCUT2D eigenvalue weighted by molar-refractivity contribution is 0.0982. The van der Waals surface area contributed by atoms with Gasteiger partial charge >= 0.3 is 0 Å². The van der Waals surface area contributed by atoms with Gasteiger partial charge in [0, 0.05) is 94.5 Å². The molecule has 2 N–H and O–H groups in total. The molecule has 2 aromatic carbocycles. The molecular formula is C37H48N10OS. The Morgan fingerprint density at radius 3 is 2.41 bits per heavy atom. The van der Waals surface area contributed by atoms with Crippen molar-refractivity contribution in [2.75, 3.05) is 86.6 Å². The second kappa shape index (κ2) is 14.4. The minimum atomic E-state index is 0.480. The van der Waals surface area contributed by atoms with Crippen LogP contribution in [0.2, 0.25) is 0 Å². The summed E-state index contributed by atoms with van der Waals surface area (Å²) in [6.07, 6.45) is 12.1. The van der Waals surface area contributed by atoms with Crippen molar-refractivity contribution in [3.05, 3.63) is 60.6 Å². The molecule has 0 bridgehead atoms. The molecule has 0 radical (unpaired) electrons. The van der Waals surface area contributed by atoms with Crippen molar-refractivity contribution in [3.63, 3.8) is 0 Å². The number of aromatic nitrogens is 4. The number of hydrogen-bond acceptors (Lipinski definition) is 12. The fourth-order valence-electron chi connectivity index (χ4n) is 7.14. The zero-order chi connectivity index (χ0) is 34.1. The molecule has 2 aliphatic heterocycles. The average molecular weight is 681 g/mol. The fourth-order valence-corrected chi connectivity index (χ4v) is 7.50. The third-order valence-electron chi connectivity index (χ3n) is 10.2. The number of piperidine rings is 1. The largest absolute Gasteiger partial charge is 0.494 e. The van der Waals surface area contributed by atoms with Crippen molar-refractivity contribution in [1.29, 1.82) is 0 Å². The molecule has 0 unspecified atom stereocenters. The normalized spacial score (nSPS) is 17.7. The quantitative estimate of drug-likeness (QED) is 0.164. The number of ether oxygens (including phenoxy) is 1. The number of nitrogens with zero attached hydrogens (tertiary/aromatic N) is 8. The first-order valence-electron chi connectivity index (χ1n) is 17.3. The summed E-state index contributed by atoms with van der Waals surface area (Å²) in [4.78, 5) is 26.6. The van der Waals surface area contributed by atoms with Crippen LogP contribution in [0.3, 0.4) is 0 Å². The second-order valence-corrected chi connectivity index (χ2v) is 14.4. The number of rotatable bonds is 11. The molecule has 1 saturated carbocycles. The summed E-state index contributed by atoms with van der Waals surface area (Å²) in [5.41, 5.74) is 8.72. The number of hydrogen-bond donors (Lipinski definition) is 2. The number of fused-ring (bicyclic) bond motifs is 1. The maximum Gasteiger partial charge on any atom is 0.229 e. The van der Waals surface area contributed by atoms with Gasteiger partial charge in [0.05, 0.1) is 29.7 Å². The Hall–Kier alpha value is -4.13. The first-order chi connectivity index (χ1) is 23.8. The van der Waals surface area contributed by atoms with Crippen LogP contribution >= 0.6 is 11.9 Å². The van der Waals surface area contributed by atoms with E-state index in [1.165, 1.54) is 63.1 Å². The van der Waals surface area contributed by atoms with Gasteiger partial charge in [0.15, 0.2) is 0 Å². The van der Waals surface area contributed by atoms with Gasteiger partial charge in [0.2, 0.25) is 5.95 Å². The van der Waals surface area contributed by atoms with Crippen molar-refractivity contribution in [1.82, 2.24) is 29.7 Å². The van der Waals surface area contributed by atoms with Gasteiger partial charge < -0.3 is 29.5 Å². The number of likely N-dealkylation sites (N-methyl/N-ethyl adjacent to an activating group) is 1. The maximum absolute atomic E-state index is 6.01. The average Bonchev–Trinajstić information content (AvgIpc) is 3.97. The molecule has 2 aromatic heterocycles. The lowest BCUT2D eigenvalue weighted by Gasteiger charge is -2.43. The Morgan fingerprint density at radius 2 is 1.71 bits per heavy atom. The van der Waals surface area contributed by atoms with Crippen LogP contribution in [-0.2, 0) is 0 Å². The summed E-state index contributed by atoms with van der Waals surface area (Å²) in [5.74, 6) is 2.50. The SMILES string of the molecule is C=C(C)c1cnc(Nc2cc(C3CC3)c(N3CCC(N4CCN(C)CC4)CC3)cc2OC)nc1Nc1ccc2nccnc2c1N(C)SC. The first-order valence-corrected chi connectivity index (χ1v) is 18.5. The molecule has 0 amide bonds. The molecule has 7 rings (SSSR count). The summed E-state index contributed by atoms with van der Waals surface area (Å²) in [6.45, 7) is 13.0. The number of piperazine rings is 1. The van der Waals surface area contributed by atoms with E-state index < -0.39 is 0 Å². The number of benzene rings is 2. The Balaban J connectivity index is 1.16. The van der Waals surface area contributed by atoms with Crippen molar-refractivity contribution in [2.45, 2.75) is 44.6 Å². The Bertz CT molecular complexity index is 1810. The van der Waals surface area contributed by atoms with E-state index >= 15 is 0 Å². The highest BCUT2D eigenvalue weighted by atomic mass is 32.2. The number of anilines is 6. The third-order valence-corrected chi connectivity index (χ3v) is 10.9. The van der Waals surface area contributed by atoms with Crippen LogP contribution in [0.15, 0.2) is 49.4 Å². The summed E-state index contributed by atoms with van der Waals surface area (Å²) in [7, 11) is 5.99. The van der Waals surface area contributed by atoms with Crippen LogP contribution < -0.4 is 24.6 Å². The summed E-state index contributed by atoms with van der Waals surface area (Å²) < 4.78 is 8.09. The van der Waals surface area contributed by atoms with Crippen molar-refractivity contribution < 1.29 is 4.74 Å². The topological polar surface area (TPSA) is 97.8 Å².